The Morgan fingerprint density at radius 2 is 1.54 bits per heavy atom. The molecule has 0 saturated heterocycles. The van der Waals surface area contributed by atoms with Gasteiger partial charge in [-0.2, -0.15) is 0 Å². The van der Waals surface area contributed by atoms with Crippen LogP contribution in [0.2, 0.25) is 10.0 Å². The summed E-state index contributed by atoms with van der Waals surface area (Å²) >= 11 is 12.4. The molecule has 4 rings (SSSR count). The van der Waals surface area contributed by atoms with Crippen molar-refractivity contribution in [2.24, 2.45) is 0 Å². The van der Waals surface area contributed by atoms with Crippen molar-refractivity contribution in [2.45, 2.75) is 50.8 Å². The van der Waals surface area contributed by atoms with Gasteiger partial charge in [0.15, 0.2) is 0 Å². The lowest BCUT2D eigenvalue weighted by Gasteiger charge is -2.24. The van der Waals surface area contributed by atoms with E-state index in [0.717, 1.165) is 21.8 Å². The summed E-state index contributed by atoms with van der Waals surface area (Å²) in [4.78, 5) is 0. The van der Waals surface area contributed by atoms with E-state index < -0.39 is 6.10 Å². The van der Waals surface area contributed by atoms with E-state index in [0.29, 0.717) is 29.2 Å². The van der Waals surface area contributed by atoms with Crippen molar-refractivity contribution in [2.75, 3.05) is 6.54 Å². The van der Waals surface area contributed by atoms with E-state index in [1.807, 2.05) is 36.4 Å². The van der Waals surface area contributed by atoms with Gasteiger partial charge in [-0.25, -0.2) is 0 Å². The number of hydrogen-bond acceptors (Lipinski definition) is 2. The summed E-state index contributed by atoms with van der Waals surface area (Å²) in [6.07, 6.45) is 5.93. The molecule has 1 aliphatic carbocycles. The number of aromatic nitrogens is 1. The molecule has 2 aromatic carbocycles. The predicted molar refractivity (Wildman–Crippen MR) is 110 cm³/mol. The van der Waals surface area contributed by atoms with Crippen molar-refractivity contribution in [3.8, 4) is 0 Å². The number of aliphatic hydroxyl groups excluding tert-OH is 1. The molecule has 3 aromatic rings. The van der Waals surface area contributed by atoms with E-state index in [-0.39, 0.29) is 0 Å². The van der Waals surface area contributed by atoms with Gasteiger partial charge in [-0.3, -0.25) is 0 Å². The highest BCUT2D eigenvalue weighted by Gasteiger charge is 2.17. The van der Waals surface area contributed by atoms with Gasteiger partial charge in [0.05, 0.1) is 12.6 Å². The Morgan fingerprint density at radius 3 is 2.12 bits per heavy atom. The highest BCUT2D eigenvalue weighted by Crippen LogP contribution is 2.33. The summed E-state index contributed by atoms with van der Waals surface area (Å²) in [5.74, 6) is 0. The number of fused-ring (bicyclic) bond motifs is 3. The van der Waals surface area contributed by atoms with E-state index in [1.165, 1.54) is 32.1 Å². The zero-order valence-electron chi connectivity index (χ0n) is 14.7. The first-order chi connectivity index (χ1) is 12.6. The number of rotatable bonds is 5. The summed E-state index contributed by atoms with van der Waals surface area (Å²) in [5.41, 5.74) is 2.15. The molecule has 0 radical (unpaired) electrons. The zero-order chi connectivity index (χ0) is 18.1. The van der Waals surface area contributed by atoms with Crippen molar-refractivity contribution in [1.82, 2.24) is 9.88 Å². The molecule has 0 amide bonds. The number of halogens is 2. The topological polar surface area (TPSA) is 37.2 Å². The number of aliphatic hydroxyl groups is 1. The van der Waals surface area contributed by atoms with E-state index in [1.54, 1.807) is 0 Å². The van der Waals surface area contributed by atoms with Crippen LogP contribution in [0, 0.1) is 0 Å². The minimum Gasteiger partial charge on any atom is -0.390 e. The summed E-state index contributed by atoms with van der Waals surface area (Å²) in [5, 5.41) is 17.7. The quantitative estimate of drug-likeness (QED) is 0.612. The van der Waals surface area contributed by atoms with Crippen molar-refractivity contribution in [1.29, 1.82) is 0 Å². The lowest BCUT2D eigenvalue weighted by molar-refractivity contribution is 0.147. The standard InChI is InChI=1S/C21H24Cl2N2O/c22-14-6-8-20-18(10-14)19-11-15(23)7-9-21(19)25(20)13-17(26)12-24-16-4-2-1-3-5-16/h6-11,16-17,24,26H,1-5,12-13H2/t17-/m0/s1. The minimum absolute atomic E-state index is 0.443. The molecule has 0 spiro atoms. The molecule has 1 heterocycles. The second-order valence-corrected chi connectivity index (χ2v) is 8.20. The highest BCUT2D eigenvalue weighted by molar-refractivity contribution is 6.33. The largest absolute Gasteiger partial charge is 0.390 e. The van der Waals surface area contributed by atoms with E-state index in [4.69, 9.17) is 23.2 Å². The molecular weight excluding hydrogens is 367 g/mol. The van der Waals surface area contributed by atoms with Crippen molar-refractivity contribution in [3.05, 3.63) is 46.4 Å². The van der Waals surface area contributed by atoms with Crippen LogP contribution >= 0.6 is 23.2 Å². The molecule has 3 nitrogen and oxygen atoms in total. The fourth-order valence-corrected chi connectivity index (χ4v) is 4.47. The molecule has 1 saturated carbocycles. The maximum absolute atomic E-state index is 10.6. The molecule has 2 N–H and O–H groups in total. The summed E-state index contributed by atoms with van der Waals surface area (Å²) in [6.45, 7) is 1.16. The number of hydrogen-bond donors (Lipinski definition) is 2. The van der Waals surface area contributed by atoms with Gasteiger partial charge in [-0.05, 0) is 49.2 Å². The Labute approximate surface area is 163 Å². The summed E-state index contributed by atoms with van der Waals surface area (Å²) in [6, 6.07) is 12.3. The van der Waals surface area contributed by atoms with E-state index in [9.17, 15) is 5.11 Å². The average molecular weight is 391 g/mol. The number of benzene rings is 2. The fourth-order valence-electron chi connectivity index (χ4n) is 4.13. The van der Waals surface area contributed by atoms with Gasteiger partial charge in [0, 0.05) is 44.4 Å². The Bertz CT molecular complexity index is 856. The van der Waals surface area contributed by atoms with Crippen LogP contribution in [0.4, 0.5) is 0 Å². The molecule has 1 aromatic heterocycles. The monoisotopic (exact) mass is 390 g/mol. The first-order valence-electron chi connectivity index (χ1n) is 9.40. The molecule has 0 bridgehead atoms. The third kappa shape index (κ3) is 3.72. The van der Waals surface area contributed by atoms with Crippen molar-refractivity contribution in [3.63, 3.8) is 0 Å². The van der Waals surface area contributed by atoms with Gasteiger partial charge >= 0.3 is 0 Å². The maximum atomic E-state index is 10.6. The van der Waals surface area contributed by atoms with Gasteiger partial charge in [0.1, 0.15) is 0 Å². The highest BCUT2D eigenvalue weighted by atomic mass is 35.5. The van der Waals surface area contributed by atoms with Crippen molar-refractivity contribution < 1.29 is 5.11 Å². The van der Waals surface area contributed by atoms with E-state index >= 15 is 0 Å². The lowest BCUT2D eigenvalue weighted by atomic mass is 9.95. The third-order valence-electron chi connectivity index (χ3n) is 5.43. The lowest BCUT2D eigenvalue weighted by Crippen LogP contribution is -2.38. The smallest absolute Gasteiger partial charge is 0.0843 e. The normalized spacial score (nSPS) is 17.2. The molecule has 0 aliphatic heterocycles. The molecule has 1 atom stereocenters. The molecule has 1 aliphatic rings. The van der Waals surface area contributed by atoms with Crippen LogP contribution in [-0.2, 0) is 6.54 Å². The molecule has 5 heteroatoms. The SMILES string of the molecule is O[C@@H](CNC1CCCCC1)Cn1c2ccc(Cl)cc2c2cc(Cl)ccc21. The number of nitrogens with one attached hydrogen (secondary N) is 1. The summed E-state index contributed by atoms with van der Waals surface area (Å²) < 4.78 is 2.17. The summed E-state index contributed by atoms with van der Waals surface area (Å²) in [7, 11) is 0. The Hall–Kier alpha value is -1.26. The Kier molecular flexibility index (Phi) is 5.42. The van der Waals surface area contributed by atoms with Crippen molar-refractivity contribution >= 4 is 45.0 Å². The molecule has 0 unspecified atom stereocenters. The molecule has 1 fully saturated rings. The Balaban J connectivity index is 1.60. The van der Waals surface area contributed by atoms with Crippen LogP contribution in [0.25, 0.3) is 21.8 Å². The molecule has 138 valence electrons. The second kappa shape index (κ2) is 7.77. The van der Waals surface area contributed by atoms with Gasteiger partial charge in [0.2, 0.25) is 0 Å². The first kappa shape index (κ1) is 18.1. The average Bonchev–Trinajstić information content (AvgIpc) is 2.93. The first-order valence-corrected chi connectivity index (χ1v) is 10.2. The fraction of sp³-hybridized carbons (Fsp3) is 0.429. The van der Waals surface area contributed by atoms with Gasteiger partial charge in [-0.1, -0.05) is 42.5 Å². The van der Waals surface area contributed by atoms with E-state index in [2.05, 4.69) is 9.88 Å². The molecular formula is C21H24Cl2N2O. The zero-order valence-corrected chi connectivity index (χ0v) is 16.2. The van der Waals surface area contributed by atoms with Gasteiger partial charge < -0.3 is 15.0 Å². The third-order valence-corrected chi connectivity index (χ3v) is 5.90. The van der Waals surface area contributed by atoms with Crippen LogP contribution in [0.3, 0.4) is 0 Å². The van der Waals surface area contributed by atoms with Crippen LogP contribution in [-0.4, -0.2) is 28.4 Å². The van der Waals surface area contributed by atoms with Crippen LogP contribution in [0.1, 0.15) is 32.1 Å². The maximum Gasteiger partial charge on any atom is 0.0843 e. The Morgan fingerprint density at radius 1 is 0.962 bits per heavy atom. The number of nitrogens with zero attached hydrogens (tertiary/aromatic N) is 1. The molecule has 26 heavy (non-hydrogen) atoms. The van der Waals surface area contributed by atoms with Gasteiger partial charge in [0.25, 0.3) is 0 Å². The van der Waals surface area contributed by atoms with Crippen LogP contribution in [0.5, 0.6) is 0 Å². The van der Waals surface area contributed by atoms with Crippen LogP contribution < -0.4 is 5.32 Å². The van der Waals surface area contributed by atoms with Gasteiger partial charge in [-0.15, -0.1) is 0 Å². The van der Waals surface area contributed by atoms with Crippen LogP contribution in [0.15, 0.2) is 36.4 Å². The minimum atomic E-state index is -0.443. The second-order valence-electron chi connectivity index (χ2n) is 7.33. The predicted octanol–water partition coefficient (Wildman–Crippen LogP) is 5.38.